The van der Waals surface area contributed by atoms with E-state index in [9.17, 15) is 5.26 Å². The first kappa shape index (κ1) is 17.2. The van der Waals surface area contributed by atoms with Gasteiger partial charge in [0.05, 0.1) is 33.4 Å². The van der Waals surface area contributed by atoms with Gasteiger partial charge < -0.3 is 9.22 Å². The minimum atomic E-state index is -0.489. The summed E-state index contributed by atoms with van der Waals surface area (Å²) < 4.78 is 6.92. The molecule has 0 aliphatic carbocycles. The number of hydrogen-bond acceptors (Lipinski definition) is 4. The van der Waals surface area contributed by atoms with Crippen LogP contribution in [0.3, 0.4) is 0 Å². The lowest BCUT2D eigenvalue weighted by Gasteiger charge is -2.53. The molecule has 0 N–H and O–H groups in total. The average Bonchev–Trinajstić information content (AvgIpc) is 3.27. The molecule has 2 aliphatic heterocycles. The van der Waals surface area contributed by atoms with Gasteiger partial charge in [-0.25, -0.2) is 0 Å². The third-order valence-corrected chi connectivity index (χ3v) is 8.45. The Morgan fingerprint density at radius 2 is 1.68 bits per heavy atom. The molecule has 25 heavy (non-hydrogen) atoms. The first-order valence-electron chi connectivity index (χ1n) is 8.96. The fraction of sp³-hybridized carbons (Fsp3) is 0.550. The number of nitrogens with zero attached hydrogens (tertiary/aromatic N) is 2. The minimum Gasteiger partial charge on any atom is -0.369 e. The van der Waals surface area contributed by atoms with Crippen molar-refractivity contribution in [2.24, 2.45) is 5.92 Å². The van der Waals surface area contributed by atoms with Gasteiger partial charge in [0.25, 0.3) is 0 Å². The highest BCUT2D eigenvalue weighted by Crippen LogP contribution is 2.46. The number of morpholine rings is 1. The number of nitriles is 1. The van der Waals surface area contributed by atoms with Gasteiger partial charge in [-0.1, -0.05) is 12.1 Å². The van der Waals surface area contributed by atoms with E-state index in [1.54, 1.807) is 22.7 Å². The van der Waals surface area contributed by atoms with Crippen molar-refractivity contribution in [1.29, 1.82) is 5.26 Å². The zero-order valence-electron chi connectivity index (χ0n) is 14.9. The monoisotopic (exact) mass is 373 g/mol. The molecule has 3 nitrogen and oxygen atoms in total. The van der Waals surface area contributed by atoms with E-state index in [1.165, 1.54) is 9.75 Å². The number of fused-ring (bicyclic) bond motifs is 2. The maximum Gasteiger partial charge on any atom is 0.126 e. The molecule has 2 unspecified atom stereocenters. The molecule has 5 heteroatoms. The predicted octanol–water partition coefficient (Wildman–Crippen LogP) is 4.26. The molecule has 4 heterocycles. The molecule has 2 saturated heterocycles. The number of likely N-dealkylation sites (N-methyl/N-ethyl adjacent to an activating group) is 1. The third kappa shape index (κ3) is 2.86. The fourth-order valence-electron chi connectivity index (χ4n) is 4.69. The van der Waals surface area contributed by atoms with Crippen LogP contribution in [0.2, 0.25) is 0 Å². The van der Waals surface area contributed by atoms with Gasteiger partial charge in [0.2, 0.25) is 0 Å². The van der Waals surface area contributed by atoms with Crippen molar-refractivity contribution >= 4 is 22.7 Å². The maximum atomic E-state index is 10.3. The Balaban J connectivity index is 1.66. The Hall–Kier alpha value is -1.19. The summed E-state index contributed by atoms with van der Waals surface area (Å²) in [6.45, 7) is 1.72. The summed E-state index contributed by atoms with van der Waals surface area (Å²) in [7, 11) is 4.70. The number of hydrogen-bond donors (Lipinski definition) is 0. The van der Waals surface area contributed by atoms with Gasteiger partial charge in [-0.15, -0.1) is 22.7 Å². The highest BCUT2D eigenvalue weighted by atomic mass is 32.1. The van der Waals surface area contributed by atoms with Crippen molar-refractivity contribution in [3.05, 3.63) is 44.8 Å². The van der Waals surface area contributed by atoms with Gasteiger partial charge in [-0.2, -0.15) is 5.26 Å². The number of rotatable bonds is 4. The van der Waals surface area contributed by atoms with Crippen LogP contribution < -0.4 is 0 Å². The average molecular weight is 374 g/mol. The van der Waals surface area contributed by atoms with Gasteiger partial charge in [0.1, 0.15) is 17.5 Å². The maximum absolute atomic E-state index is 10.3. The summed E-state index contributed by atoms with van der Waals surface area (Å²) in [5, 5.41) is 14.5. The van der Waals surface area contributed by atoms with Crippen LogP contribution >= 0.6 is 22.7 Å². The van der Waals surface area contributed by atoms with E-state index < -0.39 is 5.41 Å². The molecular weight excluding hydrogens is 348 g/mol. The van der Waals surface area contributed by atoms with Gasteiger partial charge in [0, 0.05) is 22.6 Å². The molecular formula is C20H25N2OS2+. The molecule has 2 atom stereocenters. The zero-order valence-corrected chi connectivity index (χ0v) is 16.5. The van der Waals surface area contributed by atoms with Crippen molar-refractivity contribution in [3.8, 4) is 6.07 Å². The third-order valence-electron chi connectivity index (χ3n) is 6.38. The molecule has 2 aliphatic rings. The second-order valence-electron chi connectivity index (χ2n) is 7.99. The normalized spacial score (nSPS) is 28.4. The van der Waals surface area contributed by atoms with Crippen LogP contribution in [0.4, 0.5) is 0 Å². The van der Waals surface area contributed by atoms with E-state index >= 15 is 0 Å². The second-order valence-corrected chi connectivity index (χ2v) is 9.88. The summed E-state index contributed by atoms with van der Waals surface area (Å²) in [5.41, 5.74) is -0.489. The summed E-state index contributed by atoms with van der Waals surface area (Å²) >= 11 is 3.44. The van der Waals surface area contributed by atoms with Crippen LogP contribution in [-0.4, -0.2) is 43.9 Å². The highest BCUT2D eigenvalue weighted by Gasteiger charge is 2.49. The SMILES string of the molecule is C[N+]1(C)C2COCC1CC(CC(C#N)(c1cccs1)c1cccs1)C2. The second kappa shape index (κ2) is 6.51. The first-order chi connectivity index (χ1) is 12.1. The molecule has 0 aromatic carbocycles. The topological polar surface area (TPSA) is 33.0 Å². The summed E-state index contributed by atoms with van der Waals surface area (Å²) in [6.07, 6.45) is 3.24. The minimum absolute atomic E-state index is 0.489. The van der Waals surface area contributed by atoms with Crippen molar-refractivity contribution < 1.29 is 9.22 Å². The lowest BCUT2D eigenvalue weighted by molar-refractivity contribution is -0.953. The molecule has 4 rings (SSSR count). The van der Waals surface area contributed by atoms with Gasteiger partial charge in [-0.05, 0) is 35.2 Å². The van der Waals surface area contributed by atoms with Crippen LogP contribution in [0.25, 0.3) is 0 Å². The van der Waals surface area contributed by atoms with E-state index in [2.05, 4.69) is 55.2 Å². The van der Waals surface area contributed by atoms with Crippen LogP contribution in [0, 0.1) is 17.2 Å². The van der Waals surface area contributed by atoms with E-state index in [1.807, 2.05) is 0 Å². The summed E-state index contributed by atoms with van der Waals surface area (Å²) in [5.74, 6) is 0.578. The van der Waals surface area contributed by atoms with Gasteiger partial charge >= 0.3 is 0 Å². The van der Waals surface area contributed by atoms with Crippen molar-refractivity contribution in [1.82, 2.24) is 0 Å². The molecule has 0 spiro atoms. The van der Waals surface area contributed by atoms with Crippen molar-refractivity contribution in [2.45, 2.75) is 36.8 Å². The number of quaternary nitrogens is 1. The Morgan fingerprint density at radius 3 is 2.12 bits per heavy atom. The molecule has 2 bridgehead atoms. The molecule has 2 aromatic heterocycles. The largest absolute Gasteiger partial charge is 0.369 e. The zero-order chi connectivity index (χ0) is 17.5. The summed E-state index contributed by atoms with van der Waals surface area (Å²) in [6, 6.07) is 12.3. The van der Waals surface area contributed by atoms with Crippen LogP contribution in [0.1, 0.15) is 29.0 Å². The van der Waals surface area contributed by atoms with Crippen molar-refractivity contribution in [3.63, 3.8) is 0 Å². The molecule has 0 amide bonds. The smallest absolute Gasteiger partial charge is 0.126 e. The lowest BCUT2D eigenvalue weighted by Crippen LogP contribution is -2.66. The number of piperidine rings is 1. The van der Waals surface area contributed by atoms with Gasteiger partial charge in [-0.3, -0.25) is 0 Å². The molecule has 0 saturated carbocycles. The van der Waals surface area contributed by atoms with Gasteiger partial charge in [0.15, 0.2) is 0 Å². The molecule has 2 aromatic rings. The first-order valence-corrected chi connectivity index (χ1v) is 10.7. The molecule has 2 fully saturated rings. The predicted molar refractivity (Wildman–Crippen MR) is 103 cm³/mol. The highest BCUT2D eigenvalue weighted by molar-refractivity contribution is 7.11. The van der Waals surface area contributed by atoms with E-state index in [4.69, 9.17) is 4.74 Å². The van der Waals surface area contributed by atoms with Crippen LogP contribution in [0.5, 0.6) is 0 Å². The number of ether oxygens (including phenoxy) is 1. The molecule has 0 radical (unpaired) electrons. The van der Waals surface area contributed by atoms with E-state index in [0.717, 1.165) is 37.0 Å². The lowest BCUT2D eigenvalue weighted by atomic mass is 9.71. The van der Waals surface area contributed by atoms with Crippen molar-refractivity contribution in [2.75, 3.05) is 27.3 Å². The molecule has 132 valence electrons. The Morgan fingerprint density at radius 1 is 1.12 bits per heavy atom. The van der Waals surface area contributed by atoms with Crippen LogP contribution in [0.15, 0.2) is 35.0 Å². The Labute approximate surface area is 158 Å². The standard InChI is InChI=1S/C20H25N2OS2/c1-22(2)16-9-15(10-17(22)13-23-12-16)11-20(14-21,18-5-3-7-24-18)19-6-4-8-25-19/h3-8,15-17H,9-13H2,1-2H3/q+1. The fourth-order valence-corrected chi connectivity index (χ4v) is 6.56. The van der Waals surface area contributed by atoms with E-state index in [-0.39, 0.29) is 0 Å². The van der Waals surface area contributed by atoms with E-state index in [0.29, 0.717) is 18.0 Å². The Bertz CT molecular complexity index is 695. The summed E-state index contributed by atoms with van der Waals surface area (Å²) in [4.78, 5) is 2.39. The quantitative estimate of drug-likeness (QED) is 0.750. The number of thiophene rings is 2. The van der Waals surface area contributed by atoms with Crippen LogP contribution in [-0.2, 0) is 10.2 Å². The Kier molecular flexibility index (Phi) is 4.49.